The van der Waals surface area contributed by atoms with Crippen molar-refractivity contribution >= 4 is 80.3 Å². The maximum absolute atomic E-state index is 12.6. The van der Waals surface area contributed by atoms with E-state index >= 15 is 0 Å². The molecule has 1 saturated heterocycles. The number of carboxylic acids is 1. The molecule has 210 valence electrons. The minimum absolute atomic E-state index is 0.281. The van der Waals surface area contributed by atoms with Crippen molar-refractivity contribution in [3.63, 3.8) is 0 Å². The first-order chi connectivity index (χ1) is 20.4. The summed E-state index contributed by atoms with van der Waals surface area (Å²) in [5, 5.41) is 9.07. The van der Waals surface area contributed by atoms with Crippen LogP contribution in [-0.4, -0.2) is 38.8 Å². The van der Waals surface area contributed by atoms with Gasteiger partial charge in [0, 0.05) is 42.8 Å². The summed E-state index contributed by atoms with van der Waals surface area (Å²) in [5.41, 5.74) is 5.45. The Kier molecular flexibility index (Phi) is 6.40. The van der Waals surface area contributed by atoms with E-state index in [4.69, 9.17) is 17.3 Å². The van der Waals surface area contributed by atoms with Gasteiger partial charge >= 0.3 is 5.97 Å². The molecule has 0 spiro atoms. The van der Waals surface area contributed by atoms with Crippen molar-refractivity contribution in [1.82, 2.24) is 4.90 Å². The molecular formula is C33H26N2O3S4. The summed E-state index contributed by atoms with van der Waals surface area (Å²) in [6.45, 7) is -0.413. The lowest BCUT2D eigenvalue weighted by Gasteiger charge is -2.33. The molecule has 5 nitrogen and oxygen atoms in total. The molecule has 0 radical (unpaired) electrons. The first kappa shape index (κ1) is 26.4. The number of aliphatic carboxylic acids is 1. The zero-order chi connectivity index (χ0) is 28.5. The second-order valence-electron chi connectivity index (χ2n) is 11.4. The highest BCUT2D eigenvalue weighted by Gasteiger charge is 2.55. The van der Waals surface area contributed by atoms with Crippen molar-refractivity contribution in [2.75, 3.05) is 11.4 Å². The lowest BCUT2D eigenvalue weighted by Crippen LogP contribution is -2.35. The van der Waals surface area contributed by atoms with Gasteiger partial charge in [-0.25, -0.2) is 0 Å². The number of carboxylic acid groups (broad SMARTS) is 1. The topological polar surface area (TPSA) is 60.9 Å². The maximum Gasteiger partial charge on any atom is 0.323 e. The third-order valence-electron chi connectivity index (χ3n) is 9.07. The van der Waals surface area contributed by atoms with Gasteiger partial charge in [-0.3, -0.25) is 14.5 Å². The van der Waals surface area contributed by atoms with E-state index in [1.807, 2.05) is 6.07 Å². The molecule has 2 aliphatic carbocycles. The van der Waals surface area contributed by atoms with E-state index in [0.717, 1.165) is 38.3 Å². The fourth-order valence-corrected chi connectivity index (χ4v) is 10.8. The molecule has 4 heterocycles. The lowest BCUT2D eigenvalue weighted by atomic mass is 9.82. The first-order valence-corrected chi connectivity index (χ1v) is 17.0. The Morgan fingerprint density at radius 2 is 1.67 bits per heavy atom. The fourth-order valence-electron chi connectivity index (χ4n) is 7.41. The second-order valence-corrected chi connectivity index (χ2v) is 15.2. The van der Waals surface area contributed by atoms with Crippen molar-refractivity contribution in [2.45, 2.75) is 31.2 Å². The standard InChI is InChI=1S/C33H26N2O3S4/c36-29(37)17-34-32(38)28(42-33(34)39)16-22-11-12-26(40-22)27-14-13-25(41-27)18-7-9-21(10-8-18)35-24-4-2-1-3-23(24)30-19-5-6-20(15-19)31(30)35/h1-4,7-14,16,19-20,30-31H,5-6,15,17H2,(H,36,37)/b28-16-. The number of thiocarbonyl (C=S) groups is 1. The first-order valence-electron chi connectivity index (χ1n) is 14.1. The van der Waals surface area contributed by atoms with Crippen molar-refractivity contribution in [3.8, 4) is 20.2 Å². The van der Waals surface area contributed by atoms with Crippen LogP contribution in [0.4, 0.5) is 11.4 Å². The Hall–Kier alpha value is -3.24. The van der Waals surface area contributed by atoms with Crippen LogP contribution in [0.3, 0.4) is 0 Å². The number of amides is 1. The van der Waals surface area contributed by atoms with Crippen LogP contribution >= 0.6 is 46.7 Å². The van der Waals surface area contributed by atoms with Crippen LogP contribution in [-0.2, 0) is 9.59 Å². The Morgan fingerprint density at radius 3 is 2.50 bits per heavy atom. The molecule has 2 aliphatic heterocycles. The number of fused-ring (bicyclic) bond motifs is 7. The summed E-state index contributed by atoms with van der Waals surface area (Å²) in [4.78, 5) is 32.4. The van der Waals surface area contributed by atoms with E-state index in [9.17, 15) is 9.59 Å². The average Bonchev–Trinajstić information content (AvgIpc) is 3.83. The van der Waals surface area contributed by atoms with Crippen LogP contribution in [0.5, 0.6) is 0 Å². The number of hydrogen-bond donors (Lipinski definition) is 1. The highest BCUT2D eigenvalue weighted by atomic mass is 32.2. The summed E-state index contributed by atoms with van der Waals surface area (Å²) in [5.74, 6) is 0.883. The molecule has 1 N–H and O–H groups in total. The van der Waals surface area contributed by atoms with E-state index in [0.29, 0.717) is 16.9 Å². The highest BCUT2D eigenvalue weighted by molar-refractivity contribution is 8.26. The van der Waals surface area contributed by atoms with E-state index in [-0.39, 0.29) is 10.2 Å². The zero-order valence-electron chi connectivity index (χ0n) is 22.4. The van der Waals surface area contributed by atoms with Gasteiger partial charge in [-0.2, -0.15) is 0 Å². The maximum atomic E-state index is 12.6. The van der Waals surface area contributed by atoms with Gasteiger partial charge in [0.1, 0.15) is 10.9 Å². The van der Waals surface area contributed by atoms with Crippen molar-refractivity contribution in [3.05, 3.63) is 88.1 Å². The molecule has 1 amide bonds. The molecule has 2 saturated carbocycles. The smallest absolute Gasteiger partial charge is 0.323 e. The Bertz CT molecular complexity index is 1790. The largest absolute Gasteiger partial charge is 0.480 e. The number of nitrogens with zero attached hydrogens (tertiary/aromatic N) is 2. The van der Waals surface area contributed by atoms with E-state index < -0.39 is 12.5 Å². The van der Waals surface area contributed by atoms with Gasteiger partial charge in [0.05, 0.1) is 4.91 Å². The molecule has 2 bridgehead atoms. The molecule has 9 heteroatoms. The van der Waals surface area contributed by atoms with Gasteiger partial charge in [0.2, 0.25) is 0 Å². The summed E-state index contributed by atoms with van der Waals surface area (Å²) < 4.78 is 0.281. The number of thioether (sulfide) groups is 1. The van der Waals surface area contributed by atoms with Crippen molar-refractivity contribution in [1.29, 1.82) is 0 Å². The number of hydrogen-bond acceptors (Lipinski definition) is 7. The van der Waals surface area contributed by atoms with Gasteiger partial charge in [0.15, 0.2) is 0 Å². The lowest BCUT2D eigenvalue weighted by molar-refractivity contribution is -0.140. The number of anilines is 2. The van der Waals surface area contributed by atoms with Crippen molar-refractivity contribution in [2.24, 2.45) is 11.8 Å². The minimum Gasteiger partial charge on any atom is -0.480 e. The number of thiophene rings is 2. The molecule has 4 aromatic rings. The number of rotatable bonds is 6. The Morgan fingerprint density at radius 1 is 0.929 bits per heavy atom. The second kappa shape index (κ2) is 10.2. The highest BCUT2D eigenvalue weighted by Crippen LogP contribution is 2.62. The average molecular weight is 627 g/mol. The summed E-state index contributed by atoms with van der Waals surface area (Å²) in [7, 11) is 0. The van der Waals surface area contributed by atoms with Crippen LogP contribution < -0.4 is 4.90 Å². The van der Waals surface area contributed by atoms with Crippen LogP contribution in [0, 0.1) is 11.8 Å². The Balaban J connectivity index is 1.02. The van der Waals surface area contributed by atoms with E-state index in [1.54, 1.807) is 34.3 Å². The monoisotopic (exact) mass is 626 g/mol. The van der Waals surface area contributed by atoms with Crippen LogP contribution in [0.25, 0.3) is 26.3 Å². The minimum atomic E-state index is -1.08. The summed E-state index contributed by atoms with van der Waals surface area (Å²) >= 11 is 9.74. The third-order valence-corrected chi connectivity index (χ3v) is 12.8. The predicted molar refractivity (Wildman–Crippen MR) is 177 cm³/mol. The SMILES string of the molecule is O=C(O)CN1C(=O)/C(=C/c2ccc(-c3ccc(-c4ccc(N5c6ccccc6C6C7CCC(C7)C65)cc4)s3)s2)SC1=S. The normalized spacial score (nSPS) is 25.1. The predicted octanol–water partition coefficient (Wildman–Crippen LogP) is 8.46. The molecular weight excluding hydrogens is 601 g/mol. The summed E-state index contributed by atoms with van der Waals surface area (Å²) in [6.07, 6.45) is 5.93. The van der Waals surface area contributed by atoms with Gasteiger partial charge in [-0.15, -0.1) is 22.7 Å². The third kappa shape index (κ3) is 4.28. The van der Waals surface area contributed by atoms with Gasteiger partial charge in [-0.1, -0.05) is 54.3 Å². The molecule has 2 aromatic carbocycles. The molecule has 3 fully saturated rings. The molecule has 4 unspecified atom stereocenters. The van der Waals surface area contributed by atoms with Crippen LogP contribution in [0.15, 0.2) is 77.7 Å². The number of para-hydroxylation sites is 1. The quantitative estimate of drug-likeness (QED) is 0.171. The zero-order valence-corrected chi connectivity index (χ0v) is 25.7. The van der Waals surface area contributed by atoms with E-state index in [1.165, 1.54) is 46.0 Å². The molecule has 2 aromatic heterocycles. The number of benzene rings is 2. The van der Waals surface area contributed by atoms with Gasteiger partial charge in [0.25, 0.3) is 5.91 Å². The molecule has 42 heavy (non-hydrogen) atoms. The van der Waals surface area contributed by atoms with Gasteiger partial charge < -0.3 is 10.0 Å². The molecule has 8 rings (SSSR count). The molecule has 4 aliphatic rings. The van der Waals surface area contributed by atoms with E-state index in [2.05, 4.69) is 71.6 Å². The number of carbonyl (C=O) groups excluding carboxylic acids is 1. The fraction of sp³-hybridized carbons (Fsp3) is 0.242. The number of carbonyl (C=O) groups is 2. The van der Waals surface area contributed by atoms with Gasteiger partial charge in [-0.05, 0) is 90.8 Å². The van der Waals surface area contributed by atoms with Crippen LogP contribution in [0.1, 0.15) is 35.6 Å². The molecule has 4 atom stereocenters. The summed E-state index contributed by atoms with van der Waals surface area (Å²) in [6, 6.07) is 27.2. The van der Waals surface area contributed by atoms with Crippen molar-refractivity contribution < 1.29 is 14.7 Å². The van der Waals surface area contributed by atoms with Crippen LogP contribution in [0.2, 0.25) is 0 Å². The Labute approximate surface area is 261 Å².